The number of alkyl halides is 2. The van der Waals surface area contributed by atoms with E-state index in [0.717, 1.165) is 16.9 Å². The van der Waals surface area contributed by atoms with Crippen molar-refractivity contribution in [2.75, 3.05) is 13.1 Å². The van der Waals surface area contributed by atoms with Gasteiger partial charge >= 0.3 is 0 Å². The minimum Gasteiger partial charge on any atom is -0.388 e. The van der Waals surface area contributed by atoms with E-state index in [-0.39, 0.29) is 38.1 Å². The Kier molecular flexibility index (Phi) is 6.73. The molecule has 0 radical (unpaired) electrons. The van der Waals surface area contributed by atoms with Crippen LogP contribution < -0.4 is 5.56 Å². The highest BCUT2D eigenvalue weighted by atomic mass is 19.3. The van der Waals surface area contributed by atoms with Gasteiger partial charge in [-0.15, -0.1) is 5.10 Å². The van der Waals surface area contributed by atoms with Crippen LogP contribution in [0.25, 0.3) is 16.9 Å². The number of hydrogen-bond donors (Lipinski definition) is 1. The highest BCUT2D eigenvalue weighted by molar-refractivity contribution is 5.76. The fourth-order valence-electron chi connectivity index (χ4n) is 4.59. The number of likely N-dealkylation sites (tertiary alicyclic amines) is 1. The zero-order valence-electron chi connectivity index (χ0n) is 19.9. The predicted molar refractivity (Wildman–Crippen MR) is 125 cm³/mol. The molecule has 1 amide bonds. The van der Waals surface area contributed by atoms with Gasteiger partial charge in [0, 0.05) is 30.9 Å². The van der Waals surface area contributed by atoms with Gasteiger partial charge in [-0.05, 0) is 37.1 Å². The van der Waals surface area contributed by atoms with E-state index in [1.807, 2.05) is 0 Å². The van der Waals surface area contributed by atoms with Gasteiger partial charge in [-0.1, -0.05) is 0 Å². The average Bonchev–Trinajstić information content (AvgIpc) is 3.51. The Hall–Kier alpha value is -4.07. The number of amides is 1. The second-order valence-electron chi connectivity index (χ2n) is 9.28. The molecule has 1 atom stereocenters. The lowest BCUT2D eigenvalue weighted by Crippen LogP contribution is -2.50. The second kappa shape index (κ2) is 10.0. The van der Waals surface area contributed by atoms with Gasteiger partial charge in [0.1, 0.15) is 18.2 Å². The van der Waals surface area contributed by atoms with Gasteiger partial charge in [-0.3, -0.25) is 18.8 Å². The van der Waals surface area contributed by atoms with E-state index in [1.165, 1.54) is 38.6 Å². The van der Waals surface area contributed by atoms with Crippen molar-refractivity contribution in [2.24, 2.45) is 0 Å². The van der Waals surface area contributed by atoms with Gasteiger partial charge in [0.15, 0.2) is 0 Å². The van der Waals surface area contributed by atoms with Crippen LogP contribution in [-0.2, 0) is 11.3 Å². The maximum atomic E-state index is 13.5. The number of nitrogens with zero attached hydrogens (tertiary/aromatic N) is 7. The van der Waals surface area contributed by atoms with Crippen LogP contribution in [0.4, 0.5) is 17.6 Å². The summed E-state index contributed by atoms with van der Waals surface area (Å²) in [6.45, 7) is 0.0604. The zero-order chi connectivity index (χ0) is 27.0. The highest BCUT2D eigenvalue weighted by Crippen LogP contribution is 2.27. The third kappa shape index (κ3) is 5.03. The standard InChI is InChI=1S/C24H23F4N7O3/c25-16-3-1-15(2-4-16)18-12-29-22-23(37)33(14-30-35(18)22)13-24(38)6-9-32(10-7-24)20(36)11-17(21(27)28)34-8-5-19(26)31-34/h1-5,8,12,14,17,21,38H,6-7,9-11,13H2. The van der Waals surface area contributed by atoms with Crippen molar-refractivity contribution in [1.82, 2.24) is 33.8 Å². The molecule has 0 spiro atoms. The number of imidazole rings is 1. The number of carbonyl (C=O) groups is 1. The van der Waals surface area contributed by atoms with Crippen molar-refractivity contribution in [2.45, 2.75) is 43.9 Å². The van der Waals surface area contributed by atoms with Crippen molar-refractivity contribution in [3.05, 3.63) is 71.2 Å². The Labute approximate surface area is 212 Å². The third-order valence-corrected chi connectivity index (χ3v) is 6.74. The van der Waals surface area contributed by atoms with Crippen LogP contribution in [0.2, 0.25) is 0 Å². The number of benzene rings is 1. The van der Waals surface area contributed by atoms with E-state index in [1.54, 1.807) is 12.1 Å². The van der Waals surface area contributed by atoms with Gasteiger partial charge < -0.3 is 10.0 Å². The topological polar surface area (TPSA) is 111 Å². The largest absolute Gasteiger partial charge is 0.388 e. The van der Waals surface area contributed by atoms with Crippen LogP contribution in [0.15, 0.2) is 53.8 Å². The van der Waals surface area contributed by atoms with Crippen LogP contribution in [0.5, 0.6) is 0 Å². The summed E-state index contributed by atoms with van der Waals surface area (Å²) in [4.78, 5) is 31.2. The summed E-state index contributed by atoms with van der Waals surface area (Å²) in [7, 11) is 0. The predicted octanol–water partition coefficient (Wildman–Crippen LogP) is 2.28. The van der Waals surface area contributed by atoms with Gasteiger partial charge in [-0.25, -0.2) is 22.7 Å². The summed E-state index contributed by atoms with van der Waals surface area (Å²) >= 11 is 0. The molecule has 1 N–H and O–H groups in total. The maximum absolute atomic E-state index is 13.5. The molecule has 1 aliphatic heterocycles. The molecule has 14 heteroatoms. The SMILES string of the molecule is O=C(CC(C(F)F)n1ccc(F)n1)N1CCC(O)(Cn2cnn3c(-c4ccc(F)cc4)cnc3c2=O)CC1. The molecule has 4 heterocycles. The number of halogens is 4. The summed E-state index contributed by atoms with van der Waals surface area (Å²) in [6, 6.07) is 4.98. The summed E-state index contributed by atoms with van der Waals surface area (Å²) in [5.74, 6) is -1.89. The van der Waals surface area contributed by atoms with Gasteiger partial charge in [0.2, 0.25) is 17.5 Å². The van der Waals surface area contributed by atoms with Crippen molar-refractivity contribution in [3.8, 4) is 11.3 Å². The zero-order valence-corrected chi connectivity index (χ0v) is 19.9. The summed E-state index contributed by atoms with van der Waals surface area (Å²) in [5.41, 5.74) is -0.705. The molecule has 0 bridgehead atoms. The van der Waals surface area contributed by atoms with Crippen LogP contribution in [-0.4, -0.2) is 70.0 Å². The van der Waals surface area contributed by atoms with E-state index >= 15 is 0 Å². The van der Waals surface area contributed by atoms with E-state index in [0.29, 0.717) is 11.3 Å². The Morgan fingerprint density at radius 1 is 1.11 bits per heavy atom. The van der Waals surface area contributed by atoms with Gasteiger partial charge in [-0.2, -0.15) is 9.49 Å². The van der Waals surface area contributed by atoms with Crippen molar-refractivity contribution < 1.29 is 27.5 Å². The molecule has 1 fully saturated rings. The molecular formula is C24H23F4N7O3. The first kappa shape index (κ1) is 25.6. The smallest absolute Gasteiger partial charge is 0.296 e. The van der Waals surface area contributed by atoms with E-state index < -0.39 is 47.7 Å². The quantitative estimate of drug-likeness (QED) is 0.365. The molecule has 1 saturated heterocycles. The van der Waals surface area contributed by atoms with Gasteiger partial charge in [0.05, 0.1) is 30.5 Å². The molecule has 3 aromatic heterocycles. The fourth-order valence-corrected chi connectivity index (χ4v) is 4.59. The van der Waals surface area contributed by atoms with E-state index in [9.17, 15) is 32.3 Å². The molecular weight excluding hydrogens is 510 g/mol. The molecule has 5 rings (SSSR count). The normalized spacial score (nSPS) is 16.3. The Bertz CT molecular complexity index is 1510. The number of hydrogen-bond acceptors (Lipinski definition) is 6. The molecule has 4 aromatic rings. The van der Waals surface area contributed by atoms with Crippen LogP contribution in [0.3, 0.4) is 0 Å². The fraction of sp³-hybridized carbons (Fsp3) is 0.375. The average molecular weight is 533 g/mol. The third-order valence-electron chi connectivity index (χ3n) is 6.74. The van der Waals surface area contributed by atoms with Crippen LogP contribution in [0.1, 0.15) is 25.3 Å². The number of carbonyl (C=O) groups excluding carboxylic acids is 1. The number of fused-ring (bicyclic) bond motifs is 1. The number of aromatic nitrogens is 6. The first-order valence-electron chi connectivity index (χ1n) is 11.8. The molecule has 38 heavy (non-hydrogen) atoms. The summed E-state index contributed by atoms with van der Waals surface area (Å²) < 4.78 is 56.7. The molecule has 1 aliphatic rings. The van der Waals surface area contributed by atoms with Gasteiger partial charge in [0.25, 0.3) is 12.0 Å². The van der Waals surface area contributed by atoms with Crippen molar-refractivity contribution in [1.29, 1.82) is 0 Å². The van der Waals surface area contributed by atoms with Crippen LogP contribution >= 0.6 is 0 Å². The lowest BCUT2D eigenvalue weighted by Gasteiger charge is -2.38. The minimum absolute atomic E-state index is 0.0242. The first-order valence-corrected chi connectivity index (χ1v) is 11.8. The molecule has 0 saturated carbocycles. The van der Waals surface area contributed by atoms with E-state index in [2.05, 4.69) is 15.2 Å². The monoisotopic (exact) mass is 533 g/mol. The number of aliphatic hydroxyl groups is 1. The number of piperidine rings is 1. The number of rotatable bonds is 7. The minimum atomic E-state index is -2.93. The van der Waals surface area contributed by atoms with E-state index in [4.69, 9.17) is 0 Å². The van der Waals surface area contributed by atoms with Crippen LogP contribution in [0, 0.1) is 11.8 Å². The molecule has 10 nitrogen and oxygen atoms in total. The van der Waals surface area contributed by atoms with Crippen molar-refractivity contribution in [3.63, 3.8) is 0 Å². The highest BCUT2D eigenvalue weighted by Gasteiger charge is 2.36. The summed E-state index contributed by atoms with van der Waals surface area (Å²) in [6.07, 6.45) is 0.469. The first-order chi connectivity index (χ1) is 18.1. The molecule has 200 valence electrons. The Balaban J connectivity index is 1.25. The molecule has 0 aliphatic carbocycles. The molecule has 1 unspecified atom stereocenters. The lowest BCUT2D eigenvalue weighted by molar-refractivity contribution is -0.138. The maximum Gasteiger partial charge on any atom is 0.296 e. The summed E-state index contributed by atoms with van der Waals surface area (Å²) in [5, 5.41) is 18.7. The lowest BCUT2D eigenvalue weighted by atomic mass is 9.91. The second-order valence-corrected chi connectivity index (χ2v) is 9.28. The van der Waals surface area contributed by atoms with Crippen molar-refractivity contribution >= 4 is 11.6 Å². The Morgan fingerprint density at radius 2 is 1.82 bits per heavy atom. The molecule has 1 aromatic carbocycles. The Morgan fingerprint density at radius 3 is 2.45 bits per heavy atom.